The van der Waals surface area contributed by atoms with Crippen molar-refractivity contribution in [2.75, 3.05) is 6.54 Å². The van der Waals surface area contributed by atoms with Gasteiger partial charge in [-0.15, -0.1) is 0 Å². The summed E-state index contributed by atoms with van der Waals surface area (Å²) in [5.74, 6) is 0.657. The van der Waals surface area contributed by atoms with Gasteiger partial charge in [-0.25, -0.2) is 4.98 Å². The first kappa shape index (κ1) is 10.4. The minimum atomic E-state index is -0.515. The summed E-state index contributed by atoms with van der Waals surface area (Å²) in [6.07, 6.45) is 0.727. The predicted octanol–water partition coefficient (Wildman–Crippen LogP) is -0.453. The van der Waals surface area contributed by atoms with E-state index in [1.165, 1.54) is 0 Å². The van der Waals surface area contributed by atoms with E-state index in [1.54, 1.807) is 13.7 Å². The first-order chi connectivity index (χ1) is 7.08. The summed E-state index contributed by atoms with van der Waals surface area (Å²) in [7, 11) is -0.515. The van der Waals surface area contributed by atoms with Crippen molar-refractivity contribution in [3.05, 3.63) is 27.4 Å². The number of fused-ring (bicyclic) bond motifs is 1. The van der Waals surface area contributed by atoms with Crippen molar-refractivity contribution in [1.29, 1.82) is 0 Å². The van der Waals surface area contributed by atoms with E-state index in [9.17, 15) is 9.82 Å². The maximum absolute atomic E-state index is 11.6. The first-order valence-electron chi connectivity index (χ1n) is 5.08. The molecule has 1 aliphatic heterocycles. The molecule has 6 heteroatoms. The van der Waals surface area contributed by atoms with Crippen molar-refractivity contribution in [3.8, 4) is 0 Å². The quantitative estimate of drug-likeness (QED) is 0.611. The summed E-state index contributed by atoms with van der Waals surface area (Å²) < 4.78 is 0. The molecule has 0 unspecified atom stereocenters. The van der Waals surface area contributed by atoms with Crippen LogP contribution >= 0.6 is 0 Å². The van der Waals surface area contributed by atoms with Gasteiger partial charge in [0.25, 0.3) is 5.56 Å². The van der Waals surface area contributed by atoms with Crippen molar-refractivity contribution in [2.24, 2.45) is 0 Å². The average Bonchev–Trinajstić information content (AvgIpc) is 2.16. The molecule has 2 N–H and O–H groups in total. The summed E-state index contributed by atoms with van der Waals surface area (Å²) in [5.41, 5.74) is 1.48. The van der Waals surface area contributed by atoms with E-state index in [4.69, 9.17) is 0 Å². The van der Waals surface area contributed by atoms with Crippen molar-refractivity contribution in [2.45, 2.75) is 26.7 Å². The van der Waals surface area contributed by atoms with Crippen LogP contribution in [0.1, 0.15) is 17.1 Å². The second-order valence-corrected chi connectivity index (χ2v) is 3.93. The number of nitrogens with zero attached hydrogens (tertiary/aromatic N) is 2. The third kappa shape index (κ3) is 1.96. The lowest BCUT2D eigenvalue weighted by Crippen LogP contribution is -2.43. The Labute approximate surface area is 88.3 Å². The number of nitrogens with one attached hydrogen (secondary N) is 1. The van der Waals surface area contributed by atoms with E-state index in [1.807, 2.05) is 4.81 Å². The number of rotatable bonds is 1. The van der Waals surface area contributed by atoms with Crippen LogP contribution in [0.25, 0.3) is 0 Å². The summed E-state index contributed by atoms with van der Waals surface area (Å²) in [5, 5.41) is 9.44. The number of hydrogen-bond donors (Lipinski definition) is 2. The Kier molecular flexibility index (Phi) is 2.62. The molecule has 0 saturated heterocycles. The van der Waals surface area contributed by atoms with Crippen LogP contribution in [-0.4, -0.2) is 33.4 Å². The predicted molar refractivity (Wildman–Crippen MR) is 57.5 cm³/mol. The zero-order valence-corrected chi connectivity index (χ0v) is 8.95. The fourth-order valence-corrected chi connectivity index (χ4v) is 1.89. The summed E-state index contributed by atoms with van der Waals surface area (Å²) >= 11 is 0. The Bertz CT molecular complexity index is 430. The largest absolute Gasteiger partial charge is 0.437 e. The maximum atomic E-state index is 11.6. The standard InChI is InChI=1S/C9H14BN3O2/c1-6-11-8-3-4-13(10(2)15)5-7(8)9(14)12-6/h15H,3-5H2,1-2H3,(H,11,12,14). The Balaban J connectivity index is 2.38. The van der Waals surface area contributed by atoms with E-state index in [0.717, 1.165) is 18.7 Å². The van der Waals surface area contributed by atoms with Gasteiger partial charge in [-0.1, -0.05) is 0 Å². The minimum Gasteiger partial charge on any atom is -0.437 e. The van der Waals surface area contributed by atoms with Crippen LogP contribution in [0.5, 0.6) is 0 Å². The lowest BCUT2D eigenvalue weighted by molar-refractivity contribution is 0.342. The van der Waals surface area contributed by atoms with Crippen LogP contribution in [0.4, 0.5) is 0 Å². The van der Waals surface area contributed by atoms with Gasteiger partial charge in [-0.3, -0.25) is 4.79 Å². The normalized spacial score (nSPS) is 16.2. The molecular formula is C9H14BN3O2. The minimum absolute atomic E-state index is 0.0807. The first-order valence-corrected chi connectivity index (χ1v) is 5.08. The number of aryl methyl sites for hydroxylation is 1. The lowest BCUT2D eigenvalue weighted by Gasteiger charge is -2.28. The third-order valence-electron chi connectivity index (χ3n) is 2.75. The number of aromatic nitrogens is 2. The van der Waals surface area contributed by atoms with Crippen molar-refractivity contribution in [1.82, 2.24) is 14.8 Å². The summed E-state index contributed by atoms with van der Waals surface area (Å²) in [6.45, 7) is 4.72. The van der Waals surface area contributed by atoms with Crippen molar-refractivity contribution in [3.63, 3.8) is 0 Å². The Morgan fingerprint density at radius 1 is 1.60 bits per heavy atom. The highest BCUT2D eigenvalue weighted by molar-refractivity contribution is 6.45. The van der Waals surface area contributed by atoms with E-state index in [-0.39, 0.29) is 5.56 Å². The topological polar surface area (TPSA) is 69.2 Å². The molecule has 15 heavy (non-hydrogen) atoms. The van der Waals surface area contributed by atoms with E-state index >= 15 is 0 Å². The zero-order chi connectivity index (χ0) is 11.0. The van der Waals surface area contributed by atoms with Gasteiger partial charge in [-0.2, -0.15) is 0 Å². The lowest BCUT2D eigenvalue weighted by atomic mass is 9.82. The molecule has 5 nitrogen and oxygen atoms in total. The SMILES string of the molecule is CB(O)N1CCc2nc(C)[nH]c(=O)c2C1. The summed E-state index contributed by atoms with van der Waals surface area (Å²) in [6, 6.07) is 0. The molecule has 0 bridgehead atoms. The van der Waals surface area contributed by atoms with Crippen LogP contribution in [-0.2, 0) is 13.0 Å². The van der Waals surface area contributed by atoms with Crippen LogP contribution < -0.4 is 5.56 Å². The fraction of sp³-hybridized carbons (Fsp3) is 0.556. The Morgan fingerprint density at radius 3 is 3.00 bits per heavy atom. The second kappa shape index (κ2) is 3.79. The third-order valence-corrected chi connectivity index (χ3v) is 2.75. The van der Waals surface area contributed by atoms with E-state index in [2.05, 4.69) is 9.97 Å². The van der Waals surface area contributed by atoms with Crippen LogP contribution in [0.15, 0.2) is 4.79 Å². The van der Waals surface area contributed by atoms with E-state index in [0.29, 0.717) is 17.9 Å². The molecule has 1 aromatic rings. The molecule has 1 aromatic heterocycles. The van der Waals surface area contributed by atoms with Gasteiger partial charge in [0.05, 0.1) is 11.3 Å². The van der Waals surface area contributed by atoms with Gasteiger partial charge >= 0.3 is 7.05 Å². The van der Waals surface area contributed by atoms with E-state index < -0.39 is 7.05 Å². The molecule has 0 spiro atoms. The maximum Gasteiger partial charge on any atom is 0.376 e. The Morgan fingerprint density at radius 2 is 2.33 bits per heavy atom. The van der Waals surface area contributed by atoms with Crippen LogP contribution in [0.2, 0.25) is 6.82 Å². The highest BCUT2D eigenvalue weighted by atomic mass is 16.2. The Hall–Kier alpha value is -1.14. The molecule has 0 aromatic carbocycles. The highest BCUT2D eigenvalue weighted by Gasteiger charge is 2.24. The number of aromatic amines is 1. The number of H-pyrrole nitrogens is 1. The molecule has 2 rings (SSSR count). The van der Waals surface area contributed by atoms with Gasteiger partial charge in [0.15, 0.2) is 0 Å². The van der Waals surface area contributed by atoms with Crippen LogP contribution in [0, 0.1) is 6.92 Å². The molecule has 0 saturated carbocycles. The molecular weight excluding hydrogens is 193 g/mol. The van der Waals surface area contributed by atoms with Crippen molar-refractivity contribution < 1.29 is 5.02 Å². The zero-order valence-electron chi connectivity index (χ0n) is 8.95. The van der Waals surface area contributed by atoms with Crippen LogP contribution in [0.3, 0.4) is 0 Å². The smallest absolute Gasteiger partial charge is 0.376 e. The molecule has 0 fully saturated rings. The van der Waals surface area contributed by atoms with Gasteiger partial charge < -0.3 is 14.8 Å². The molecule has 2 heterocycles. The monoisotopic (exact) mass is 207 g/mol. The van der Waals surface area contributed by atoms with Gasteiger partial charge in [0.1, 0.15) is 5.82 Å². The molecule has 0 atom stereocenters. The summed E-state index contributed by atoms with van der Waals surface area (Å²) in [4.78, 5) is 20.5. The second-order valence-electron chi connectivity index (χ2n) is 3.93. The van der Waals surface area contributed by atoms with Gasteiger partial charge in [0.2, 0.25) is 0 Å². The van der Waals surface area contributed by atoms with Crippen molar-refractivity contribution >= 4 is 7.05 Å². The molecule has 1 aliphatic rings. The highest BCUT2D eigenvalue weighted by Crippen LogP contribution is 2.13. The average molecular weight is 207 g/mol. The molecule has 0 aliphatic carbocycles. The molecule has 0 amide bonds. The number of hydrogen-bond acceptors (Lipinski definition) is 4. The van der Waals surface area contributed by atoms with Gasteiger partial charge in [-0.05, 0) is 20.3 Å². The molecule has 80 valence electrons. The molecule has 0 radical (unpaired) electrons. The fourth-order valence-electron chi connectivity index (χ4n) is 1.89. The van der Waals surface area contributed by atoms with Gasteiger partial charge in [0, 0.05) is 13.0 Å².